The molecule has 0 saturated heterocycles. The van der Waals surface area contributed by atoms with Crippen LogP contribution in [0.5, 0.6) is 5.75 Å². The summed E-state index contributed by atoms with van der Waals surface area (Å²) in [7, 11) is 0. The van der Waals surface area contributed by atoms with Crippen molar-refractivity contribution in [1.82, 2.24) is 0 Å². The van der Waals surface area contributed by atoms with Crippen LogP contribution in [0.15, 0.2) is 18.2 Å². The Morgan fingerprint density at radius 1 is 1.12 bits per heavy atom. The van der Waals surface area contributed by atoms with Gasteiger partial charge in [0.15, 0.2) is 6.29 Å². The highest BCUT2D eigenvalue weighted by atomic mass is 16.3. The van der Waals surface area contributed by atoms with E-state index in [2.05, 4.69) is 6.92 Å². The molecule has 0 atom stereocenters. The number of hydrogen-bond acceptors (Lipinski definition) is 2. The van der Waals surface area contributed by atoms with Crippen LogP contribution in [0.1, 0.15) is 61.4 Å². The minimum absolute atomic E-state index is 0.100. The number of aldehydes is 1. The van der Waals surface area contributed by atoms with Gasteiger partial charge in [-0.25, -0.2) is 0 Å². The van der Waals surface area contributed by atoms with Gasteiger partial charge in [-0.05, 0) is 30.5 Å². The molecule has 2 heteroatoms. The third-order valence-electron chi connectivity index (χ3n) is 3.04. The summed E-state index contributed by atoms with van der Waals surface area (Å²) in [6.45, 7) is 2.22. The third kappa shape index (κ3) is 5.03. The van der Waals surface area contributed by atoms with Crippen molar-refractivity contribution in [3.63, 3.8) is 0 Å². The molecule has 0 amide bonds. The molecule has 0 saturated carbocycles. The van der Waals surface area contributed by atoms with Gasteiger partial charge in [-0.2, -0.15) is 0 Å². The van der Waals surface area contributed by atoms with Gasteiger partial charge >= 0.3 is 0 Å². The van der Waals surface area contributed by atoms with E-state index in [1.807, 2.05) is 6.07 Å². The number of aromatic hydroxyl groups is 1. The molecule has 17 heavy (non-hydrogen) atoms. The molecule has 2 nitrogen and oxygen atoms in total. The van der Waals surface area contributed by atoms with E-state index in [0.717, 1.165) is 18.4 Å². The highest BCUT2D eigenvalue weighted by Gasteiger charge is 2.01. The zero-order chi connectivity index (χ0) is 12.5. The lowest BCUT2D eigenvalue weighted by Crippen LogP contribution is -1.88. The van der Waals surface area contributed by atoms with E-state index in [4.69, 9.17) is 0 Å². The molecule has 1 aromatic rings. The van der Waals surface area contributed by atoms with E-state index in [0.29, 0.717) is 11.8 Å². The smallest absolute Gasteiger partial charge is 0.153 e. The quantitative estimate of drug-likeness (QED) is 0.543. The van der Waals surface area contributed by atoms with Crippen molar-refractivity contribution in [3.05, 3.63) is 29.3 Å². The van der Waals surface area contributed by atoms with E-state index >= 15 is 0 Å². The number of carbonyl (C=O) groups is 1. The molecule has 1 aromatic carbocycles. The van der Waals surface area contributed by atoms with Crippen LogP contribution in [-0.2, 0) is 6.42 Å². The number of hydrogen-bond donors (Lipinski definition) is 1. The number of benzene rings is 1. The van der Waals surface area contributed by atoms with Crippen molar-refractivity contribution in [2.75, 3.05) is 0 Å². The standard InChI is InChI=1S/C15H22O2/c1-2-3-4-5-6-7-8-13-9-10-14(12-16)15(17)11-13/h9-12,17H,2-8H2,1H3. The van der Waals surface area contributed by atoms with Crippen molar-refractivity contribution in [1.29, 1.82) is 0 Å². The molecule has 0 fully saturated rings. The Hall–Kier alpha value is -1.31. The minimum Gasteiger partial charge on any atom is -0.507 e. The Labute approximate surface area is 104 Å². The fourth-order valence-electron chi connectivity index (χ4n) is 1.95. The fraction of sp³-hybridized carbons (Fsp3) is 0.533. The molecule has 1 N–H and O–H groups in total. The van der Waals surface area contributed by atoms with Crippen molar-refractivity contribution in [2.45, 2.75) is 51.9 Å². The molecular weight excluding hydrogens is 212 g/mol. The number of aryl methyl sites for hydroxylation is 1. The van der Waals surface area contributed by atoms with Crippen molar-refractivity contribution < 1.29 is 9.90 Å². The third-order valence-corrected chi connectivity index (χ3v) is 3.04. The summed E-state index contributed by atoms with van der Waals surface area (Å²) < 4.78 is 0. The van der Waals surface area contributed by atoms with Gasteiger partial charge in [-0.1, -0.05) is 45.1 Å². The van der Waals surface area contributed by atoms with E-state index < -0.39 is 0 Å². The van der Waals surface area contributed by atoms with Crippen LogP contribution in [0.25, 0.3) is 0 Å². The first-order chi connectivity index (χ1) is 8.27. The molecule has 0 radical (unpaired) electrons. The summed E-state index contributed by atoms with van der Waals surface area (Å²) in [4.78, 5) is 10.5. The molecule has 0 bridgehead atoms. The highest BCUT2D eigenvalue weighted by molar-refractivity contribution is 5.79. The second kappa shape index (κ2) is 7.88. The molecule has 1 rings (SSSR count). The van der Waals surface area contributed by atoms with Crippen LogP contribution in [0.2, 0.25) is 0 Å². The molecule has 0 aliphatic heterocycles. The first-order valence-electron chi connectivity index (χ1n) is 6.55. The maximum absolute atomic E-state index is 10.5. The second-order valence-electron chi connectivity index (χ2n) is 4.53. The van der Waals surface area contributed by atoms with Crippen LogP contribution in [0, 0.1) is 0 Å². The first kappa shape index (κ1) is 13.8. The lowest BCUT2D eigenvalue weighted by atomic mass is 10.0. The maximum atomic E-state index is 10.5. The Morgan fingerprint density at radius 3 is 2.47 bits per heavy atom. The van der Waals surface area contributed by atoms with Gasteiger partial charge in [0, 0.05) is 0 Å². The van der Waals surface area contributed by atoms with Gasteiger partial charge in [0.2, 0.25) is 0 Å². The second-order valence-corrected chi connectivity index (χ2v) is 4.53. The van der Waals surface area contributed by atoms with Crippen molar-refractivity contribution in [3.8, 4) is 5.75 Å². The molecule has 0 aliphatic rings. The van der Waals surface area contributed by atoms with Gasteiger partial charge in [-0.3, -0.25) is 4.79 Å². The highest BCUT2D eigenvalue weighted by Crippen LogP contribution is 2.18. The fourth-order valence-corrected chi connectivity index (χ4v) is 1.95. The van der Waals surface area contributed by atoms with E-state index in [1.165, 1.54) is 32.1 Å². The van der Waals surface area contributed by atoms with Gasteiger partial charge in [0.25, 0.3) is 0 Å². The largest absolute Gasteiger partial charge is 0.507 e. The summed E-state index contributed by atoms with van der Waals surface area (Å²) in [6, 6.07) is 5.32. The van der Waals surface area contributed by atoms with E-state index in [1.54, 1.807) is 12.1 Å². The predicted molar refractivity (Wildman–Crippen MR) is 70.6 cm³/mol. The summed E-state index contributed by atoms with van der Waals surface area (Å²) >= 11 is 0. The van der Waals surface area contributed by atoms with Gasteiger partial charge in [-0.15, -0.1) is 0 Å². The number of rotatable bonds is 8. The Morgan fingerprint density at radius 2 is 1.82 bits per heavy atom. The summed E-state index contributed by atoms with van der Waals surface area (Å²) in [6.07, 6.45) is 9.30. The van der Waals surface area contributed by atoms with Crippen LogP contribution in [-0.4, -0.2) is 11.4 Å². The number of phenols is 1. The lowest BCUT2D eigenvalue weighted by molar-refractivity contribution is 0.112. The average Bonchev–Trinajstić information content (AvgIpc) is 2.34. The lowest BCUT2D eigenvalue weighted by Gasteiger charge is -2.04. The van der Waals surface area contributed by atoms with Crippen LogP contribution in [0.3, 0.4) is 0 Å². The number of carbonyl (C=O) groups excluding carboxylic acids is 1. The maximum Gasteiger partial charge on any atom is 0.153 e. The zero-order valence-corrected chi connectivity index (χ0v) is 10.6. The Kier molecular flexibility index (Phi) is 6.38. The summed E-state index contributed by atoms with van der Waals surface area (Å²) in [5.74, 6) is 0.100. The number of phenolic OH excluding ortho intramolecular Hbond substituents is 1. The van der Waals surface area contributed by atoms with E-state index in [-0.39, 0.29) is 5.75 Å². The van der Waals surface area contributed by atoms with Crippen LogP contribution >= 0.6 is 0 Å². The summed E-state index contributed by atoms with van der Waals surface area (Å²) in [5, 5.41) is 9.53. The normalized spacial score (nSPS) is 10.4. The zero-order valence-electron chi connectivity index (χ0n) is 10.6. The van der Waals surface area contributed by atoms with Crippen molar-refractivity contribution in [2.24, 2.45) is 0 Å². The Balaban J connectivity index is 2.27. The minimum atomic E-state index is 0.100. The molecule has 0 heterocycles. The molecule has 0 unspecified atom stereocenters. The number of unbranched alkanes of at least 4 members (excludes halogenated alkanes) is 5. The van der Waals surface area contributed by atoms with Gasteiger partial charge < -0.3 is 5.11 Å². The molecule has 0 aliphatic carbocycles. The molecule has 94 valence electrons. The van der Waals surface area contributed by atoms with E-state index in [9.17, 15) is 9.90 Å². The van der Waals surface area contributed by atoms with Crippen molar-refractivity contribution >= 4 is 6.29 Å². The average molecular weight is 234 g/mol. The monoisotopic (exact) mass is 234 g/mol. The molecular formula is C15H22O2. The predicted octanol–water partition coefficient (Wildman–Crippen LogP) is 4.11. The molecule has 0 spiro atoms. The van der Waals surface area contributed by atoms with Gasteiger partial charge in [0.05, 0.1) is 5.56 Å². The SMILES string of the molecule is CCCCCCCCc1ccc(C=O)c(O)c1. The Bertz CT molecular complexity index is 345. The topological polar surface area (TPSA) is 37.3 Å². The molecule has 0 aromatic heterocycles. The first-order valence-corrected chi connectivity index (χ1v) is 6.55. The van der Waals surface area contributed by atoms with Gasteiger partial charge in [0.1, 0.15) is 5.75 Å². The van der Waals surface area contributed by atoms with Crippen LogP contribution < -0.4 is 0 Å². The summed E-state index contributed by atoms with van der Waals surface area (Å²) in [5.41, 5.74) is 1.49. The van der Waals surface area contributed by atoms with Crippen LogP contribution in [0.4, 0.5) is 0 Å².